The second-order valence-electron chi connectivity index (χ2n) is 5.89. The van der Waals surface area contributed by atoms with Crippen LogP contribution in [0, 0.1) is 0 Å². The van der Waals surface area contributed by atoms with Crippen molar-refractivity contribution in [2.75, 3.05) is 6.54 Å². The highest BCUT2D eigenvalue weighted by molar-refractivity contribution is 5.76. The standard InChI is InChI=1S/C16H18N4O4/c1-17-14(22)18(2)16(24)20(15(17)23)10-13(21)19-8-7-11-5-3-4-6-12(11)9-19/h3-6H,7-10H2,1-2H3. The van der Waals surface area contributed by atoms with Gasteiger partial charge in [0.05, 0.1) is 0 Å². The number of rotatable bonds is 2. The molecule has 0 saturated carbocycles. The van der Waals surface area contributed by atoms with E-state index in [4.69, 9.17) is 0 Å². The van der Waals surface area contributed by atoms with E-state index in [1.165, 1.54) is 19.7 Å². The fourth-order valence-electron chi connectivity index (χ4n) is 2.91. The fourth-order valence-corrected chi connectivity index (χ4v) is 2.91. The third kappa shape index (κ3) is 2.60. The topological polar surface area (TPSA) is 86.3 Å². The molecular weight excluding hydrogens is 312 g/mol. The van der Waals surface area contributed by atoms with Crippen LogP contribution in [0.1, 0.15) is 11.1 Å². The molecule has 1 aliphatic rings. The van der Waals surface area contributed by atoms with Gasteiger partial charge in [-0.3, -0.25) is 4.79 Å². The number of carbonyl (C=O) groups excluding carboxylic acids is 1. The minimum absolute atomic E-state index is 0.317. The fraction of sp³-hybridized carbons (Fsp3) is 0.375. The van der Waals surface area contributed by atoms with E-state index in [1.54, 1.807) is 4.90 Å². The van der Waals surface area contributed by atoms with E-state index >= 15 is 0 Å². The first-order valence-corrected chi connectivity index (χ1v) is 7.61. The maximum Gasteiger partial charge on any atom is 0.336 e. The lowest BCUT2D eigenvalue weighted by Crippen LogP contribution is -2.54. The Bertz CT molecular complexity index is 943. The van der Waals surface area contributed by atoms with Crippen LogP contribution in [0.4, 0.5) is 0 Å². The normalized spacial score (nSPS) is 13.7. The maximum atomic E-state index is 12.5. The van der Waals surface area contributed by atoms with Gasteiger partial charge in [0, 0.05) is 27.2 Å². The van der Waals surface area contributed by atoms with E-state index in [0.717, 1.165) is 25.7 Å². The molecule has 1 aromatic carbocycles. The minimum atomic E-state index is -0.783. The van der Waals surface area contributed by atoms with E-state index in [1.807, 2.05) is 24.3 Å². The summed E-state index contributed by atoms with van der Waals surface area (Å²) in [4.78, 5) is 50.1. The molecule has 2 heterocycles. The summed E-state index contributed by atoms with van der Waals surface area (Å²) >= 11 is 0. The summed E-state index contributed by atoms with van der Waals surface area (Å²) in [6, 6.07) is 7.88. The van der Waals surface area contributed by atoms with Crippen molar-refractivity contribution in [3.05, 3.63) is 66.8 Å². The van der Waals surface area contributed by atoms with Crippen molar-refractivity contribution in [3.8, 4) is 0 Å². The summed E-state index contributed by atoms with van der Waals surface area (Å²) in [7, 11) is 2.56. The average Bonchev–Trinajstić information content (AvgIpc) is 2.61. The monoisotopic (exact) mass is 330 g/mol. The molecule has 1 amide bonds. The van der Waals surface area contributed by atoms with E-state index in [0.29, 0.717) is 13.1 Å². The predicted molar refractivity (Wildman–Crippen MR) is 86.7 cm³/mol. The van der Waals surface area contributed by atoms with Gasteiger partial charge in [-0.05, 0) is 17.5 Å². The predicted octanol–water partition coefficient (Wildman–Crippen LogP) is -1.17. The number of benzene rings is 1. The van der Waals surface area contributed by atoms with Gasteiger partial charge in [0.2, 0.25) is 5.91 Å². The smallest absolute Gasteiger partial charge is 0.336 e. The quantitative estimate of drug-likeness (QED) is 0.694. The molecule has 0 fully saturated rings. The Hall–Kier alpha value is -2.90. The molecule has 0 unspecified atom stereocenters. The SMILES string of the molecule is Cn1c(=O)n(C)c(=O)n(CC(=O)N2CCc3ccccc3C2)c1=O. The van der Waals surface area contributed by atoms with Crippen LogP contribution in [0.3, 0.4) is 0 Å². The Morgan fingerprint density at radius 2 is 1.54 bits per heavy atom. The van der Waals surface area contributed by atoms with Crippen molar-refractivity contribution in [2.24, 2.45) is 14.1 Å². The van der Waals surface area contributed by atoms with Gasteiger partial charge in [-0.1, -0.05) is 24.3 Å². The molecular formula is C16H18N4O4. The molecule has 8 nitrogen and oxygen atoms in total. The van der Waals surface area contributed by atoms with Gasteiger partial charge in [0.15, 0.2) is 0 Å². The van der Waals surface area contributed by atoms with Crippen molar-refractivity contribution in [2.45, 2.75) is 19.5 Å². The molecule has 0 radical (unpaired) electrons. The highest BCUT2D eigenvalue weighted by Gasteiger charge is 2.22. The number of hydrogen-bond acceptors (Lipinski definition) is 4. The molecule has 0 aliphatic carbocycles. The van der Waals surface area contributed by atoms with Crippen molar-refractivity contribution in [3.63, 3.8) is 0 Å². The molecule has 1 aromatic heterocycles. The number of aromatic nitrogens is 3. The summed E-state index contributed by atoms with van der Waals surface area (Å²) in [5.74, 6) is -0.317. The summed E-state index contributed by atoms with van der Waals surface area (Å²) in [6.07, 6.45) is 0.738. The zero-order valence-corrected chi connectivity index (χ0v) is 13.6. The van der Waals surface area contributed by atoms with Crippen molar-refractivity contribution in [1.82, 2.24) is 18.6 Å². The number of fused-ring (bicyclic) bond motifs is 1. The van der Waals surface area contributed by atoms with Crippen LogP contribution in [0.2, 0.25) is 0 Å². The highest BCUT2D eigenvalue weighted by Crippen LogP contribution is 2.18. The Labute approximate surface area is 137 Å². The van der Waals surface area contributed by atoms with Crippen LogP contribution in [0.5, 0.6) is 0 Å². The first-order valence-electron chi connectivity index (χ1n) is 7.61. The van der Waals surface area contributed by atoms with Gasteiger partial charge in [-0.15, -0.1) is 0 Å². The molecule has 1 aliphatic heterocycles. The van der Waals surface area contributed by atoms with Gasteiger partial charge in [-0.25, -0.2) is 28.1 Å². The van der Waals surface area contributed by atoms with E-state index in [2.05, 4.69) is 0 Å². The average molecular weight is 330 g/mol. The second-order valence-corrected chi connectivity index (χ2v) is 5.89. The van der Waals surface area contributed by atoms with Crippen LogP contribution < -0.4 is 17.1 Å². The first kappa shape index (κ1) is 16.0. The molecule has 126 valence electrons. The van der Waals surface area contributed by atoms with E-state index in [9.17, 15) is 19.2 Å². The summed E-state index contributed by atoms with van der Waals surface area (Å²) in [5, 5.41) is 0. The maximum absolute atomic E-state index is 12.5. The highest BCUT2D eigenvalue weighted by atomic mass is 16.2. The first-order chi connectivity index (χ1) is 11.4. The molecule has 0 bridgehead atoms. The Balaban J connectivity index is 1.88. The Kier molecular flexibility index (Phi) is 3.96. The van der Waals surface area contributed by atoms with Gasteiger partial charge < -0.3 is 4.90 Å². The molecule has 24 heavy (non-hydrogen) atoms. The second kappa shape index (κ2) is 5.95. The van der Waals surface area contributed by atoms with Gasteiger partial charge in [0.25, 0.3) is 0 Å². The lowest BCUT2D eigenvalue weighted by molar-refractivity contribution is -0.132. The molecule has 0 atom stereocenters. The summed E-state index contributed by atoms with van der Waals surface area (Å²) < 4.78 is 2.44. The lowest BCUT2D eigenvalue weighted by atomic mass is 10.00. The molecule has 2 aromatic rings. The molecule has 0 spiro atoms. The van der Waals surface area contributed by atoms with Gasteiger partial charge in [-0.2, -0.15) is 0 Å². The van der Waals surface area contributed by atoms with Crippen LogP contribution in [0.25, 0.3) is 0 Å². The van der Waals surface area contributed by atoms with Crippen molar-refractivity contribution in [1.29, 1.82) is 0 Å². The minimum Gasteiger partial charge on any atom is -0.336 e. The number of hydrogen-bond donors (Lipinski definition) is 0. The molecule has 0 N–H and O–H groups in total. The third-order valence-electron chi connectivity index (χ3n) is 4.39. The van der Waals surface area contributed by atoms with Crippen LogP contribution in [-0.2, 0) is 38.4 Å². The van der Waals surface area contributed by atoms with Gasteiger partial charge in [0.1, 0.15) is 6.54 Å². The Morgan fingerprint density at radius 1 is 0.958 bits per heavy atom. The largest absolute Gasteiger partial charge is 0.336 e. The number of carbonyl (C=O) groups is 1. The van der Waals surface area contributed by atoms with E-state index < -0.39 is 17.1 Å². The van der Waals surface area contributed by atoms with Crippen molar-refractivity contribution >= 4 is 5.91 Å². The number of amides is 1. The van der Waals surface area contributed by atoms with Crippen LogP contribution in [-0.4, -0.2) is 31.1 Å². The Morgan fingerprint density at radius 3 is 2.17 bits per heavy atom. The van der Waals surface area contributed by atoms with Gasteiger partial charge >= 0.3 is 17.1 Å². The third-order valence-corrected chi connectivity index (χ3v) is 4.39. The zero-order valence-electron chi connectivity index (χ0n) is 13.6. The van der Waals surface area contributed by atoms with Crippen LogP contribution in [0.15, 0.2) is 38.6 Å². The zero-order chi connectivity index (χ0) is 17.4. The molecule has 3 rings (SSSR count). The van der Waals surface area contributed by atoms with Crippen molar-refractivity contribution < 1.29 is 4.79 Å². The summed E-state index contributed by atoms with van der Waals surface area (Å²) in [5.41, 5.74) is -0.00197. The lowest BCUT2D eigenvalue weighted by Gasteiger charge is -2.29. The molecule has 8 heteroatoms. The van der Waals surface area contributed by atoms with Crippen LogP contribution >= 0.6 is 0 Å². The van der Waals surface area contributed by atoms with E-state index in [-0.39, 0.29) is 12.5 Å². The molecule has 0 saturated heterocycles. The summed E-state index contributed by atoms with van der Waals surface area (Å²) in [6.45, 7) is 0.619. The number of nitrogens with zero attached hydrogens (tertiary/aromatic N) is 4.